The van der Waals surface area contributed by atoms with Crippen LogP contribution in [-0.2, 0) is 11.3 Å². The molecule has 4 rings (SSSR count). The highest BCUT2D eigenvalue weighted by Crippen LogP contribution is 2.40. The normalized spacial score (nSPS) is 20.6. The fourth-order valence-corrected chi connectivity index (χ4v) is 6.10. The highest BCUT2D eigenvalue weighted by Gasteiger charge is 2.34. The standard InChI is InChI=1S/C23H31N3O3S/c1-14-11-15(2)25-23(28)18(14)12-24-22(27)19-13-30-21(16(19)3)20-5-4-8-26(20)17-6-9-29-10-7-17/h11,13,17,20H,4-10,12H2,1-3H3,(H,24,27)(H,25,28). The molecule has 6 nitrogen and oxygen atoms in total. The first kappa shape index (κ1) is 21.3. The van der Waals surface area contributed by atoms with Crippen LogP contribution in [0, 0.1) is 20.8 Å². The zero-order valence-corrected chi connectivity index (χ0v) is 18.9. The van der Waals surface area contributed by atoms with Gasteiger partial charge in [0, 0.05) is 53.4 Å². The average molecular weight is 430 g/mol. The molecule has 2 fully saturated rings. The molecule has 1 amide bonds. The molecule has 162 valence electrons. The van der Waals surface area contributed by atoms with E-state index in [1.807, 2.05) is 25.3 Å². The van der Waals surface area contributed by atoms with E-state index in [0.29, 0.717) is 17.6 Å². The molecule has 0 radical (unpaired) electrons. The van der Waals surface area contributed by atoms with Crippen molar-refractivity contribution in [2.24, 2.45) is 0 Å². The third-order valence-electron chi connectivity index (χ3n) is 6.50. The number of hydrogen-bond acceptors (Lipinski definition) is 5. The maximum absolute atomic E-state index is 12.9. The van der Waals surface area contributed by atoms with Crippen molar-refractivity contribution in [3.05, 3.63) is 54.6 Å². The van der Waals surface area contributed by atoms with Crippen LogP contribution in [0.4, 0.5) is 0 Å². The van der Waals surface area contributed by atoms with Crippen molar-refractivity contribution in [2.75, 3.05) is 19.8 Å². The van der Waals surface area contributed by atoms with E-state index in [2.05, 4.69) is 22.1 Å². The van der Waals surface area contributed by atoms with Gasteiger partial charge in [0.05, 0.1) is 5.56 Å². The average Bonchev–Trinajstić information content (AvgIpc) is 3.34. The molecule has 4 heterocycles. The molecule has 0 saturated carbocycles. The van der Waals surface area contributed by atoms with Crippen LogP contribution in [0.1, 0.15) is 69.3 Å². The number of carbonyl (C=O) groups is 1. The zero-order chi connectivity index (χ0) is 21.3. The Hall–Kier alpha value is -1.96. The monoisotopic (exact) mass is 429 g/mol. The number of rotatable bonds is 5. The number of carbonyl (C=O) groups excluding carboxylic acids is 1. The summed E-state index contributed by atoms with van der Waals surface area (Å²) < 4.78 is 5.54. The molecule has 2 aliphatic rings. The van der Waals surface area contributed by atoms with E-state index in [1.165, 1.54) is 11.3 Å². The molecule has 7 heteroatoms. The molecule has 30 heavy (non-hydrogen) atoms. The molecule has 2 aromatic rings. The largest absolute Gasteiger partial charge is 0.381 e. The number of amides is 1. The molecule has 2 aromatic heterocycles. The van der Waals surface area contributed by atoms with Gasteiger partial charge in [0.15, 0.2) is 0 Å². The molecule has 2 N–H and O–H groups in total. The molecule has 0 aromatic carbocycles. The SMILES string of the molecule is Cc1cc(C)c(CNC(=O)c2csc(C3CCCN3C3CCOCC3)c2C)c(=O)[nH]1. The van der Waals surface area contributed by atoms with Gasteiger partial charge in [-0.3, -0.25) is 14.5 Å². The van der Waals surface area contributed by atoms with Crippen molar-refractivity contribution in [1.29, 1.82) is 0 Å². The number of pyridine rings is 1. The predicted molar refractivity (Wildman–Crippen MR) is 119 cm³/mol. The van der Waals surface area contributed by atoms with Crippen molar-refractivity contribution < 1.29 is 9.53 Å². The van der Waals surface area contributed by atoms with E-state index in [9.17, 15) is 9.59 Å². The van der Waals surface area contributed by atoms with Crippen molar-refractivity contribution >= 4 is 17.2 Å². The maximum Gasteiger partial charge on any atom is 0.253 e. The Morgan fingerprint density at radius 2 is 2.03 bits per heavy atom. The second kappa shape index (κ2) is 9.04. The van der Waals surface area contributed by atoms with Crippen molar-refractivity contribution in [1.82, 2.24) is 15.2 Å². The molecule has 1 atom stereocenters. The smallest absolute Gasteiger partial charge is 0.253 e. The zero-order valence-electron chi connectivity index (χ0n) is 18.0. The van der Waals surface area contributed by atoms with Gasteiger partial charge in [-0.05, 0) is 70.2 Å². The van der Waals surface area contributed by atoms with Crippen molar-refractivity contribution in [3.8, 4) is 0 Å². The lowest BCUT2D eigenvalue weighted by Crippen LogP contribution is -2.38. The maximum atomic E-state index is 12.9. The van der Waals surface area contributed by atoms with E-state index < -0.39 is 0 Å². The Balaban J connectivity index is 1.47. The van der Waals surface area contributed by atoms with Crippen LogP contribution in [0.15, 0.2) is 16.2 Å². The third-order valence-corrected chi connectivity index (χ3v) is 7.68. The fraction of sp³-hybridized carbons (Fsp3) is 0.565. The van der Waals surface area contributed by atoms with E-state index in [0.717, 1.165) is 61.4 Å². The summed E-state index contributed by atoms with van der Waals surface area (Å²) in [5.74, 6) is -0.106. The molecule has 2 aliphatic heterocycles. The Morgan fingerprint density at radius 3 is 2.77 bits per heavy atom. The number of aryl methyl sites for hydroxylation is 2. The Morgan fingerprint density at radius 1 is 1.27 bits per heavy atom. The quantitative estimate of drug-likeness (QED) is 0.762. The molecule has 1 unspecified atom stereocenters. The first-order valence-electron chi connectivity index (χ1n) is 10.8. The van der Waals surface area contributed by atoms with Crippen LogP contribution in [0.5, 0.6) is 0 Å². The number of ether oxygens (including phenoxy) is 1. The van der Waals surface area contributed by atoms with Gasteiger partial charge in [-0.25, -0.2) is 0 Å². The molecular weight excluding hydrogens is 398 g/mol. The summed E-state index contributed by atoms with van der Waals surface area (Å²) in [7, 11) is 0. The van der Waals surface area contributed by atoms with Gasteiger partial charge in [-0.1, -0.05) is 0 Å². The fourth-order valence-electron chi connectivity index (χ4n) is 4.87. The second-order valence-corrected chi connectivity index (χ2v) is 9.41. The highest BCUT2D eigenvalue weighted by molar-refractivity contribution is 7.10. The first-order valence-corrected chi connectivity index (χ1v) is 11.7. The van der Waals surface area contributed by atoms with Crippen LogP contribution in [0.2, 0.25) is 0 Å². The topological polar surface area (TPSA) is 74.4 Å². The Kier molecular flexibility index (Phi) is 6.41. The van der Waals surface area contributed by atoms with Gasteiger partial charge in [-0.2, -0.15) is 0 Å². The number of hydrogen-bond donors (Lipinski definition) is 2. The van der Waals surface area contributed by atoms with Crippen LogP contribution in [0.3, 0.4) is 0 Å². The van der Waals surface area contributed by atoms with Gasteiger partial charge in [0.25, 0.3) is 11.5 Å². The lowest BCUT2D eigenvalue weighted by molar-refractivity contribution is 0.0295. The lowest BCUT2D eigenvalue weighted by Gasteiger charge is -2.35. The third kappa shape index (κ3) is 4.24. The lowest BCUT2D eigenvalue weighted by atomic mass is 10.0. The van der Waals surface area contributed by atoms with Gasteiger partial charge in [0.1, 0.15) is 0 Å². The van der Waals surface area contributed by atoms with Gasteiger partial charge < -0.3 is 15.0 Å². The van der Waals surface area contributed by atoms with Crippen LogP contribution < -0.4 is 10.9 Å². The van der Waals surface area contributed by atoms with E-state index in [1.54, 1.807) is 11.3 Å². The number of thiophene rings is 1. The number of H-pyrrole nitrogens is 1. The Bertz CT molecular complexity index is 975. The van der Waals surface area contributed by atoms with Crippen LogP contribution in [0.25, 0.3) is 0 Å². The summed E-state index contributed by atoms with van der Waals surface area (Å²) in [6.07, 6.45) is 4.55. The van der Waals surface area contributed by atoms with E-state index in [-0.39, 0.29) is 18.0 Å². The minimum atomic E-state index is -0.131. The highest BCUT2D eigenvalue weighted by atomic mass is 32.1. The molecule has 2 saturated heterocycles. The minimum Gasteiger partial charge on any atom is -0.381 e. The number of nitrogens with zero attached hydrogens (tertiary/aromatic N) is 1. The molecule has 0 aliphatic carbocycles. The predicted octanol–water partition coefficient (Wildman–Crippen LogP) is 3.61. The molecule has 0 spiro atoms. The van der Waals surface area contributed by atoms with Gasteiger partial charge >= 0.3 is 0 Å². The number of likely N-dealkylation sites (tertiary alicyclic amines) is 1. The van der Waals surface area contributed by atoms with E-state index >= 15 is 0 Å². The summed E-state index contributed by atoms with van der Waals surface area (Å²) in [5, 5.41) is 4.93. The number of aromatic amines is 1. The summed E-state index contributed by atoms with van der Waals surface area (Å²) in [4.78, 5) is 31.9. The van der Waals surface area contributed by atoms with Crippen LogP contribution in [-0.4, -0.2) is 41.6 Å². The summed E-state index contributed by atoms with van der Waals surface area (Å²) in [6, 6.07) is 2.92. The number of aromatic nitrogens is 1. The summed E-state index contributed by atoms with van der Waals surface area (Å²) in [6.45, 7) is 8.89. The van der Waals surface area contributed by atoms with Crippen molar-refractivity contribution in [2.45, 2.75) is 65.1 Å². The summed E-state index contributed by atoms with van der Waals surface area (Å²) >= 11 is 1.70. The van der Waals surface area contributed by atoms with Crippen LogP contribution >= 0.6 is 11.3 Å². The molecule has 0 bridgehead atoms. The van der Waals surface area contributed by atoms with Crippen molar-refractivity contribution in [3.63, 3.8) is 0 Å². The Labute approximate surface area is 181 Å². The second-order valence-electron chi connectivity index (χ2n) is 8.50. The minimum absolute atomic E-state index is 0.106. The van der Waals surface area contributed by atoms with Gasteiger partial charge in [0.2, 0.25) is 0 Å². The number of nitrogens with one attached hydrogen (secondary N) is 2. The first-order chi connectivity index (χ1) is 14.5. The summed E-state index contributed by atoms with van der Waals surface area (Å²) in [5.41, 5.74) is 4.03. The molecular formula is C23H31N3O3S. The van der Waals surface area contributed by atoms with E-state index in [4.69, 9.17) is 4.74 Å². The van der Waals surface area contributed by atoms with Gasteiger partial charge in [-0.15, -0.1) is 11.3 Å².